The Morgan fingerprint density at radius 3 is 0.911 bits per heavy atom. The van der Waals surface area contributed by atoms with E-state index in [2.05, 4.69) is 58.9 Å². The third kappa shape index (κ3) is 64.3. The minimum Gasteiger partial charge on any atom is -0.462 e. The average Bonchev–Trinajstić information content (AvgIpc) is 2.89. The van der Waals surface area contributed by atoms with E-state index in [4.69, 9.17) is 37.0 Å². The number of aliphatic hydroxyl groups is 1. The lowest BCUT2D eigenvalue weighted by atomic mass is 10.0. The minimum absolute atomic E-state index is 0.0998. The number of allylic oxidation sites excluding steroid dienone is 4. The molecule has 0 fully saturated rings. The van der Waals surface area contributed by atoms with Crippen LogP contribution in [0.4, 0.5) is 0 Å². The molecule has 0 saturated carbocycles. The first-order valence-electron chi connectivity index (χ1n) is 36.5. The van der Waals surface area contributed by atoms with Gasteiger partial charge in [0.15, 0.2) is 12.2 Å². The Morgan fingerprint density at radius 1 is 0.344 bits per heavy atom. The summed E-state index contributed by atoms with van der Waals surface area (Å²) in [5.41, 5.74) is 0. The molecule has 0 aromatic carbocycles. The monoisotopic (exact) mass is 1320 g/mol. The van der Waals surface area contributed by atoms with Gasteiger partial charge in [-0.15, -0.1) is 0 Å². The van der Waals surface area contributed by atoms with Gasteiger partial charge in [0, 0.05) is 25.7 Å². The van der Waals surface area contributed by atoms with Gasteiger partial charge in [-0.05, 0) is 57.3 Å². The van der Waals surface area contributed by atoms with E-state index in [0.29, 0.717) is 31.6 Å². The number of hydrogen-bond acceptors (Lipinski definition) is 15. The Bertz CT molecular complexity index is 1830. The zero-order valence-corrected chi connectivity index (χ0v) is 59.5. The predicted octanol–water partition coefficient (Wildman–Crippen LogP) is 20.1. The van der Waals surface area contributed by atoms with Crippen molar-refractivity contribution in [1.29, 1.82) is 0 Å². The first kappa shape index (κ1) is 87.5. The molecule has 0 bridgehead atoms. The van der Waals surface area contributed by atoms with E-state index >= 15 is 0 Å². The molecule has 17 nitrogen and oxygen atoms in total. The van der Waals surface area contributed by atoms with Crippen molar-refractivity contribution in [3.8, 4) is 0 Å². The number of ether oxygens (including phenoxy) is 4. The second-order valence-electron chi connectivity index (χ2n) is 25.4. The molecule has 0 aromatic rings. The van der Waals surface area contributed by atoms with Gasteiger partial charge in [-0.1, -0.05) is 290 Å². The van der Waals surface area contributed by atoms with Crippen LogP contribution in [0.2, 0.25) is 0 Å². The Labute approximate surface area is 548 Å². The van der Waals surface area contributed by atoms with Crippen LogP contribution in [0.1, 0.15) is 343 Å². The fourth-order valence-electron chi connectivity index (χ4n) is 10.3. The van der Waals surface area contributed by atoms with E-state index in [1.807, 2.05) is 0 Å². The average molecular weight is 1320 g/mol. The summed E-state index contributed by atoms with van der Waals surface area (Å²) in [6.07, 6.45) is 53.8. The molecular weight excluding hydrogens is 1190 g/mol. The highest BCUT2D eigenvalue weighted by Crippen LogP contribution is 2.45. The van der Waals surface area contributed by atoms with Crippen molar-refractivity contribution in [3.05, 3.63) is 24.3 Å². The zero-order valence-electron chi connectivity index (χ0n) is 57.8. The van der Waals surface area contributed by atoms with Crippen molar-refractivity contribution in [2.45, 2.75) is 361 Å². The van der Waals surface area contributed by atoms with Crippen LogP contribution in [-0.2, 0) is 65.4 Å². The van der Waals surface area contributed by atoms with Crippen molar-refractivity contribution in [1.82, 2.24) is 0 Å². The molecule has 0 aliphatic carbocycles. The number of phosphoric ester groups is 2. The van der Waals surface area contributed by atoms with Crippen LogP contribution in [0.25, 0.3) is 0 Å². The van der Waals surface area contributed by atoms with Gasteiger partial charge in [-0.2, -0.15) is 0 Å². The van der Waals surface area contributed by atoms with Gasteiger partial charge < -0.3 is 33.8 Å². The lowest BCUT2D eigenvalue weighted by Crippen LogP contribution is -2.30. The maximum absolute atomic E-state index is 13.0. The molecular formula is C71H134O17P2. The van der Waals surface area contributed by atoms with Crippen LogP contribution in [0.5, 0.6) is 0 Å². The zero-order chi connectivity index (χ0) is 66.3. The molecule has 530 valence electrons. The molecule has 0 heterocycles. The largest absolute Gasteiger partial charge is 0.472 e. The van der Waals surface area contributed by atoms with Gasteiger partial charge in [-0.25, -0.2) is 9.13 Å². The third-order valence-corrected chi connectivity index (χ3v) is 17.8. The summed E-state index contributed by atoms with van der Waals surface area (Å²) in [6, 6.07) is 0. The molecule has 0 spiro atoms. The van der Waals surface area contributed by atoms with Crippen molar-refractivity contribution in [3.63, 3.8) is 0 Å². The quantitative estimate of drug-likeness (QED) is 0.0169. The smallest absolute Gasteiger partial charge is 0.462 e. The number of hydrogen-bond donors (Lipinski definition) is 3. The topological polar surface area (TPSA) is 237 Å². The van der Waals surface area contributed by atoms with Gasteiger partial charge in [0.05, 0.1) is 26.4 Å². The van der Waals surface area contributed by atoms with Gasteiger partial charge >= 0.3 is 39.5 Å². The van der Waals surface area contributed by atoms with Crippen LogP contribution < -0.4 is 0 Å². The van der Waals surface area contributed by atoms with E-state index in [-0.39, 0.29) is 25.7 Å². The molecule has 5 atom stereocenters. The Balaban J connectivity index is 5.23. The van der Waals surface area contributed by atoms with E-state index < -0.39 is 97.5 Å². The van der Waals surface area contributed by atoms with Crippen LogP contribution >= 0.6 is 15.6 Å². The molecule has 0 aliphatic heterocycles. The Kier molecular flexibility index (Phi) is 62.2. The van der Waals surface area contributed by atoms with E-state index in [9.17, 15) is 43.2 Å². The fourth-order valence-corrected chi connectivity index (χ4v) is 11.9. The number of unbranched alkanes of at least 4 members (excludes halogenated alkanes) is 38. The highest BCUT2D eigenvalue weighted by molar-refractivity contribution is 7.47. The lowest BCUT2D eigenvalue weighted by molar-refractivity contribution is -0.161. The molecule has 0 amide bonds. The van der Waals surface area contributed by atoms with Gasteiger partial charge in [0.25, 0.3) is 0 Å². The van der Waals surface area contributed by atoms with Crippen molar-refractivity contribution in [2.24, 2.45) is 5.92 Å². The van der Waals surface area contributed by atoms with Crippen LogP contribution in [0.15, 0.2) is 24.3 Å². The van der Waals surface area contributed by atoms with Crippen LogP contribution in [0.3, 0.4) is 0 Å². The summed E-state index contributed by atoms with van der Waals surface area (Å²) in [6.45, 7) is 7.06. The predicted molar refractivity (Wildman–Crippen MR) is 363 cm³/mol. The summed E-state index contributed by atoms with van der Waals surface area (Å²) in [5.74, 6) is -1.49. The van der Waals surface area contributed by atoms with Crippen molar-refractivity contribution < 1.29 is 80.2 Å². The first-order valence-corrected chi connectivity index (χ1v) is 39.4. The molecule has 3 N–H and O–H groups in total. The Hall–Kier alpha value is -2.46. The molecule has 0 aliphatic rings. The van der Waals surface area contributed by atoms with Crippen LogP contribution in [0, 0.1) is 5.92 Å². The molecule has 0 saturated heterocycles. The summed E-state index contributed by atoms with van der Waals surface area (Å²) < 4.78 is 68.1. The van der Waals surface area contributed by atoms with Crippen LogP contribution in [-0.4, -0.2) is 96.7 Å². The standard InChI is InChI=1S/C71H134O17P2/c1-6-9-12-15-18-21-23-25-27-28-29-31-33-35-37-40-46-51-56-70(75)87-66(60-82-69(74)55-50-45-39-36-34-32-30-26-24-22-19-16-13-10-7-2)62-85-89(77,78)83-58-65(72)59-84-90(79,80)86-63-67(61-81-68(73)54-49-44-38-20-17-14-11-8-3)88-71(76)57-52-47-42-41-43-48-53-64(4)5/h22,24,26,30,64-67,72H,6-21,23,25,27-29,31-63H2,1-5H3,(H,77,78)(H,79,80)/b24-22-,30-26-/t65-,66-,67-/m1/s1. The maximum Gasteiger partial charge on any atom is 0.472 e. The second kappa shape index (κ2) is 63.9. The summed E-state index contributed by atoms with van der Waals surface area (Å²) >= 11 is 0. The summed E-state index contributed by atoms with van der Waals surface area (Å²) in [5, 5.41) is 10.6. The molecule has 0 rings (SSSR count). The fraction of sp³-hybridized carbons (Fsp3) is 0.887. The second-order valence-corrected chi connectivity index (χ2v) is 28.3. The number of rotatable bonds is 69. The number of carbonyl (C=O) groups is 4. The van der Waals surface area contributed by atoms with E-state index in [1.54, 1.807) is 0 Å². The van der Waals surface area contributed by atoms with Crippen molar-refractivity contribution in [2.75, 3.05) is 39.6 Å². The molecule has 90 heavy (non-hydrogen) atoms. The normalized spacial score (nSPS) is 14.2. The summed E-state index contributed by atoms with van der Waals surface area (Å²) in [4.78, 5) is 72.4. The lowest BCUT2D eigenvalue weighted by Gasteiger charge is -2.21. The number of aliphatic hydroxyl groups excluding tert-OH is 1. The molecule has 0 radical (unpaired) electrons. The Morgan fingerprint density at radius 2 is 0.600 bits per heavy atom. The first-order chi connectivity index (χ1) is 43.5. The molecule has 19 heteroatoms. The highest BCUT2D eigenvalue weighted by atomic mass is 31.2. The highest BCUT2D eigenvalue weighted by Gasteiger charge is 2.30. The SMILES string of the molecule is CCCCCC/C=C\C=C/CCCCCCCC(=O)OC[C@H](COP(=O)(O)OC[C@@H](O)COP(=O)(O)OC[C@@H](COC(=O)CCCCCCCCCC)OC(=O)CCCCCCCCC(C)C)OC(=O)CCCCCCCCCCCCCCCCCCCC. The van der Waals surface area contributed by atoms with Gasteiger partial charge in [0.1, 0.15) is 19.3 Å². The van der Waals surface area contributed by atoms with Gasteiger partial charge in [-0.3, -0.25) is 37.3 Å². The number of phosphoric acid groups is 2. The minimum atomic E-state index is -4.96. The molecule has 2 unspecified atom stereocenters. The van der Waals surface area contributed by atoms with Gasteiger partial charge in [0.2, 0.25) is 0 Å². The molecule has 0 aromatic heterocycles. The third-order valence-electron chi connectivity index (χ3n) is 15.9. The maximum atomic E-state index is 13.0. The number of esters is 4. The summed E-state index contributed by atoms with van der Waals surface area (Å²) in [7, 11) is -9.91. The number of carbonyl (C=O) groups excluding carboxylic acids is 4. The van der Waals surface area contributed by atoms with E-state index in [0.717, 1.165) is 116 Å². The van der Waals surface area contributed by atoms with E-state index in [1.165, 1.54) is 141 Å². The van der Waals surface area contributed by atoms with Crippen molar-refractivity contribution >= 4 is 39.5 Å².